The van der Waals surface area contributed by atoms with Gasteiger partial charge in [-0.15, -0.1) is 0 Å². The number of aryl methyl sites for hydroxylation is 2. The fraction of sp³-hybridized carbons (Fsp3) is 0.222. The first-order valence-electron chi connectivity index (χ1n) is 3.81. The Labute approximate surface area is 75.2 Å². The second kappa shape index (κ2) is 2.45. The van der Waals surface area contributed by atoms with Gasteiger partial charge in [0.15, 0.2) is 0 Å². The molecule has 0 aliphatic heterocycles. The summed E-state index contributed by atoms with van der Waals surface area (Å²) in [6.45, 7) is 4.12. The Balaban J connectivity index is 2.98. The van der Waals surface area contributed by atoms with Crippen LogP contribution in [0.5, 0.6) is 0 Å². The molecule has 1 aromatic heterocycles. The summed E-state index contributed by atoms with van der Waals surface area (Å²) >= 11 is 1.37. The van der Waals surface area contributed by atoms with E-state index >= 15 is 0 Å². The summed E-state index contributed by atoms with van der Waals surface area (Å²) in [7, 11) is 0. The minimum atomic E-state index is 0.825. The summed E-state index contributed by atoms with van der Waals surface area (Å²) in [6.07, 6.45) is 0. The van der Waals surface area contributed by atoms with E-state index in [1.165, 1.54) is 22.7 Å². The van der Waals surface area contributed by atoms with E-state index < -0.39 is 0 Å². The lowest BCUT2D eigenvalue weighted by Crippen LogP contribution is -1.84. The van der Waals surface area contributed by atoms with Gasteiger partial charge in [-0.25, -0.2) is 0 Å². The Morgan fingerprint density at radius 2 is 1.92 bits per heavy atom. The highest BCUT2D eigenvalue weighted by atomic mass is 32.1. The van der Waals surface area contributed by atoms with E-state index in [9.17, 15) is 0 Å². The molecule has 0 fully saturated rings. The van der Waals surface area contributed by atoms with Gasteiger partial charge in [-0.05, 0) is 36.5 Å². The maximum absolute atomic E-state index is 5.80. The van der Waals surface area contributed by atoms with Crippen LogP contribution in [0, 0.1) is 13.8 Å². The van der Waals surface area contributed by atoms with E-state index in [0.717, 1.165) is 15.9 Å². The molecule has 0 radical (unpaired) electrons. The summed E-state index contributed by atoms with van der Waals surface area (Å²) in [4.78, 5) is 0. The minimum absolute atomic E-state index is 0.825. The van der Waals surface area contributed by atoms with Gasteiger partial charge in [0.25, 0.3) is 0 Å². The number of aromatic nitrogens is 1. The lowest BCUT2D eigenvalue weighted by molar-refractivity contribution is 1.44. The largest absolute Gasteiger partial charge is 0.389 e. The molecule has 0 unspecified atom stereocenters. The van der Waals surface area contributed by atoms with Crippen LogP contribution < -0.4 is 5.73 Å². The van der Waals surface area contributed by atoms with E-state index in [2.05, 4.69) is 30.4 Å². The fourth-order valence-electron chi connectivity index (χ4n) is 1.37. The molecule has 0 bridgehead atoms. The predicted octanol–water partition coefficient (Wildman–Crippen LogP) is 2.50. The molecule has 0 saturated heterocycles. The van der Waals surface area contributed by atoms with Crippen molar-refractivity contribution in [3.63, 3.8) is 0 Å². The summed E-state index contributed by atoms with van der Waals surface area (Å²) in [5.41, 5.74) is 9.26. The molecule has 3 heteroatoms. The second-order valence-corrected chi connectivity index (χ2v) is 3.77. The standard InChI is InChI=1S/C9H10N2S/c1-5-3-4-6(2)8-7(5)9(10)12-11-8/h3-4H,10H2,1-2H3. The van der Waals surface area contributed by atoms with Crippen molar-refractivity contribution in [2.45, 2.75) is 13.8 Å². The molecule has 2 nitrogen and oxygen atoms in total. The van der Waals surface area contributed by atoms with Crippen LogP contribution in [0.2, 0.25) is 0 Å². The highest BCUT2D eigenvalue weighted by Gasteiger charge is 2.06. The van der Waals surface area contributed by atoms with Crippen LogP contribution in [-0.4, -0.2) is 4.37 Å². The number of nitrogens with zero attached hydrogens (tertiary/aromatic N) is 1. The molecular formula is C9H10N2S. The Morgan fingerprint density at radius 1 is 1.25 bits per heavy atom. The van der Waals surface area contributed by atoms with Crippen molar-refractivity contribution >= 4 is 27.4 Å². The average Bonchev–Trinajstić information content (AvgIpc) is 2.42. The molecule has 0 aliphatic carbocycles. The summed E-state index contributed by atoms with van der Waals surface area (Å²) < 4.78 is 4.30. The SMILES string of the molecule is Cc1ccc(C)c2c(N)snc12. The molecule has 1 aromatic carbocycles. The zero-order valence-electron chi connectivity index (χ0n) is 7.09. The van der Waals surface area contributed by atoms with E-state index in [0.29, 0.717) is 0 Å². The van der Waals surface area contributed by atoms with Crippen molar-refractivity contribution in [3.05, 3.63) is 23.3 Å². The first kappa shape index (κ1) is 7.55. The summed E-state index contributed by atoms with van der Waals surface area (Å²) in [5, 5.41) is 1.95. The lowest BCUT2D eigenvalue weighted by atomic mass is 10.1. The van der Waals surface area contributed by atoms with E-state index in [-0.39, 0.29) is 0 Å². The molecule has 0 amide bonds. The first-order chi connectivity index (χ1) is 5.70. The van der Waals surface area contributed by atoms with Gasteiger partial charge in [0.2, 0.25) is 0 Å². The highest BCUT2D eigenvalue weighted by Crippen LogP contribution is 2.29. The molecule has 2 rings (SSSR count). The van der Waals surface area contributed by atoms with Crippen LogP contribution in [0.25, 0.3) is 10.9 Å². The number of hydrogen-bond acceptors (Lipinski definition) is 3. The van der Waals surface area contributed by atoms with Crippen molar-refractivity contribution in [1.82, 2.24) is 4.37 Å². The molecule has 0 saturated carbocycles. The maximum Gasteiger partial charge on any atom is 0.115 e. The van der Waals surface area contributed by atoms with Crippen LogP contribution in [-0.2, 0) is 0 Å². The number of nitrogens with two attached hydrogens (primary N) is 1. The molecular weight excluding hydrogens is 168 g/mol. The van der Waals surface area contributed by atoms with E-state index in [4.69, 9.17) is 5.73 Å². The van der Waals surface area contributed by atoms with E-state index in [1.807, 2.05) is 0 Å². The topological polar surface area (TPSA) is 38.9 Å². The Kier molecular flexibility index (Phi) is 1.54. The van der Waals surface area contributed by atoms with Crippen LogP contribution in [0.3, 0.4) is 0 Å². The Hall–Kier alpha value is -1.09. The van der Waals surface area contributed by atoms with Crippen molar-refractivity contribution in [1.29, 1.82) is 0 Å². The average molecular weight is 178 g/mol. The molecule has 2 N–H and O–H groups in total. The molecule has 0 spiro atoms. The smallest absolute Gasteiger partial charge is 0.115 e. The summed E-state index contributed by atoms with van der Waals surface area (Å²) in [5.74, 6) is 0. The highest BCUT2D eigenvalue weighted by molar-refractivity contribution is 7.11. The van der Waals surface area contributed by atoms with Crippen LogP contribution >= 0.6 is 11.5 Å². The number of nitrogen functional groups attached to an aromatic ring is 1. The number of benzene rings is 1. The van der Waals surface area contributed by atoms with Crippen molar-refractivity contribution in [3.8, 4) is 0 Å². The molecule has 12 heavy (non-hydrogen) atoms. The zero-order valence-corrected chi connectivity index (χ0v) is 7.90. The third kappa shape index (κ3) is 0.898. The van der Waals surface area contributed by atoms with Crippen molar-refractivity contribution < 1.29 is 0 Å². The predicted molar refractivity (Wildman–Crippen MR) is 53.5 cm³/mol. The fourth-order valence-corrected chi connectivity index (χ4v) is 2.14. The number of fused-ring (bicyclic) bond motifs is 1. The van der Waals surface area contributed by atoms with Gasteiger partial charge in [-0.3, -0.25) is 0 Å². The normalized spacial score (nSPS) is 10.8. The number of hydrogen-bond donors (Lipinski definition) is 1. The second-order valence-electron chi connectivity index (χ2n) is 2.97. The van der Waals surface area contributed by atoms with Gasteiger partial charge < -0.3 is 5.73 Å². The molecule has 2 aromatic rings. The molecule has 0 atom stereocenters. The van der Waals surface area contributed by atoms with Crippen LogP contribution in [0.1, 0.15) is 11.1 Å². The van der Waals surface area contributed by atoms with Crippen LogP contribution in [0.4, 0.5) is 5.00 Å². The van der Waals surface area contributed by atoms with Crippen molar-refractivity contribution in [2.24, 2.45) is 0 Å². The molecule has 1 heterocycles. The lowest BCUT2D eigenvalue weighted by Gasteiger charge is -1.98. The Morgan fingerprint density at radius 3 is 2.58 bits per heavy atom. The van der Waals surface area contributed by atoms with Gasteiger partial charge in [0, 0.05) is 5.39 Å². The zero-order chi connectivity index (χ0) is 8.72. The van der Waals surface area contributed by atoms with Gasteiger partial charge in [-0.1, -0.05) is 12.1 Å². The van der Waals surface area contributed by atoms with Crippen molar-refractivity contribution in [2.75, 3.05) is 5.73 Å². The van der Waals surface area contributed by atoms with Gasteiger partial charge in [0.1, 0.15) is 5.00 Å². The number of anilines is 1. The first-order valence-corrected chi connectivity index (χ1v) is 4.58. The minimum Gasteiger partial charge on any atom is -0.389 e. The quantitative estimate of drug-likeness (QED) is 0.673. The van der Waals surface area contributed by atoms with E-state index in [1.54, 1.807) is 0 Å². The maximum atomic E-state index is 5.80. The van der Waals surface area contributed by atoms with Gasteiger partial charge in [-0.2, -0.15) is 4.37 Å². The number of rotatable bonds is 0. The molecule has 62 valence electrons. The molecule has 0 aliphatic rings. The monoisotopic (exact) mass is 178 g/mol. The third-order valence-electron chi connectivity index (χ3n) is 2.07. The summed E-state index contributed by atoms with van der Waals surface area (Å²) in [6, 6.07) is 4.17. The van der Waals surface area contributed by atoms with Gasteiger partial charge in [0.05, 0.1) is 5.52 Å². The third-order valence-corrected chi connectivity index (χ3v) is 2.74. The Bertz CT molecular complexity index is 431. The van der Waals surface area contributed by atoms with Gasteiger partial charge >= 0.3 is 0 Å². The van der Waals surface area contributed by atoms with Crippen LogP contribution in [0.15, 0.2) is 12.1 Å².